The Morgan fingerprint density at radius 1 is 0.710 bits per heavy atom. The Hall–Kier alpha value is -4.52. The van der Waals surface area contributed by atoms with E-state index in [0.717, 1.165) is 6.07 Å². The largest absolute Gasteiger partial charge is 0.507 e. The molecule has 3 aromatic carbocycles. The monoisotopic (exact) mass is 414 g/mol. The molecule has 5 aromatic rings. The Balaban J connectivity index is 1.89. The van der Waals surface area contributed by atoms with Gasteiger partial charge in [0.15, 0.2) is 11.0 Å². The highest BCUT2D eigenvalue weighted by Crippen LogP contribution is 2.45. The maximum atomic E-state index is 12.8. The fourth-order valence-corrected chi connectivity index (χ4v) is 3.61. The molecular weight excluding hydrogens is 400 g/mol. The molecular formula is C24H14O7. The summed E-state index contributed by atoms with van der Waals surface area (Å²) >= 11 is 0. The number of phenolic OH excluding ortho intramolecular Hbond substituents is 3. The third-order valence-corrected chi connectivity index (χ3v) is 5.03. The van der Waals surface area contributed by atoms with E-state index in [2.05, 4.69) is 0 Å². The molecule has 0 unspecified atom stereocenters. The first-order chi connectivity index (χ1) is 14.9. The van der Waals surface area contributed by atoms with Crippen LogP contribution in [0.4, 0.5) is 0 Å². The molecule has 0 aliphatic heterocycles. The molecule has 5 rings (SSSR count). The van der Waals surface area contributed by atoms with Gasteiger partial charge in [-0.05, 0) is 12.1 Å². The molecule has 0 spiro atoms. The van der Waals surface area contributed by atoms with Crippen molar-refractivity contribution in [3.8, 4) is 39.7 Å². The highest BCUT2D eigenvalue weighted by Gasteiger charge is 2.22. The zero-order valence-electron chi connectivity index (χ0n) is 15.8. The van der Waals surface area contributed by atoms with Gasteiger partial charge in [0.05, 0.1) is 5.56 Å². The van der Waals surface area contributed by atoms with Crippen LogP contribution in [0.3, 0.4) is 0 Å². The molecule has 0 saturated carbocycles. The minimum atomic E-state index is -0.573. The highest BCUT2D eigenvalue weighted by atomic mass is 16.4. The van der Waals surface area contributed by atoms with E-state index in [4.69, 9.17) is 8.83 Å². The molecule has 2 aromatic heterocycles. The predicted octanol–water partition coefficient (Wildman–Crippen LogP) is 4.35. The van der Waals surface area contributed by atoms with E-state index in [1.807, 2.05) is 6.07 Å². The fraction of sp³-hybridized carbons (Fsp3) is 0. The zero-order chi connectivity index (χ0) is 21.7. The summed E-state index contributed by atoms with van der Waals surface area (Å²) in [6.07, 6.45) is 0. The van der Waals surface area contributed by atoms with E-state index in [-0.39, 0.29) is 39.2 Å². The second kappa shape index (κ2) is 6.77. The summed E-state index contributed by atoms with van der Waals surface area (Å²) in [6, 6.07) is 16.6. The van der Waals surface area contributed by atoms with Crippen molar-refractivity contribution in [2.75, 3.05) is 0 Å². The van der Waals surface area contributed by atoms with Gasteiger partial charge in [-0.1, -0.05) is 30.3 Å². The third kappa shape index (κ3) is 3.00. The first-order valence-corrected chi connectivity index (χ1v) is 9.28. The summed E-state index contributed by atoms with van der Waals surface area (Å²) in [5, 5.41) is 31.9. The number of fused-ring (bicyclic) bond motifs is 2. The molecule has 0 atom stereocenters. The van der Waals surface area contributed by atoms with Gasteiger partial charge in [0.2, 0.25) is 0 Å². The Bertz CT molecular complexity index is 1590. The SMILES string of the molecule is O=c1ccc2cc(-c3c(O)cc(O)c4c(=O)cc(-c5ccccc5)oc34)c(O)cc2o1. The molecule has 0 saturated heterocycles. The normalized spacial score (nSPS) is 11.2. The van der Waals surface area contributed by atoms with Gasteiger partial charge in [0, 0.05) is 40.8 Å². The van der Waals surface area contributed by atoms with Crippen LogP contribution in [0, 0.1) is 0 Å². The molecule has 0 radical (unpaired) electrons. The average Bonchev–Trinajstić information content (AvgIpc) is 2.74. The molecule has 0 aliphatic carbocycles. The molecule has 31 heavy (non-hydrogen) atoms. The topological polar surface area (TPSA) is 121 Å². The van der Waals surface area contributed by atoms with Crippen molar-refractivity contribution in [3.63, 3.8) is 0 Å². The summed E-state index contributed by atoms with van der Waals surface area (Å²) < 4.78 is 11.0. The van der Waals surface area contributed by atoms with E-state index < -0.39 is 22.6 Å². The van der Waals surface area contributed by atoms with Crippen molar-refractivity contribution >= 4 is 21.9 Å². The van der Waals surface area contributed by atoms with E-state index in [1.165, 1.54) is 30.3 Å². The van der Waals surface area contributed by atoms with Crippen LogP contribution in [0.15, 0.2) is 85.2 Å². The first-order valence-electron chi connectivity index (χ1n) is 9.28. The summed E-state index contributed by atoms with van der Waals surface area (Å²) in [6.45, 7) is 0. The van der Waals surface area contributed by atoms with Gasteiger partial charge in [-0.2, -0.15) is 0 Å². The van der Waals surface area contributed by atoms with Crippen molar-refractivity contribution in [3.05, 3.63) is 87.4 Å². The summed E-state index contributed by atoms with van der Waals surface area (Å²) in [5.41, 5.74) is -0.231. The predicted molar refractivity (Wildman–Crippen MR) is 114 cm³/mol. The quantitative estimate of drug-likeness (QED) is 0.367. The summed E-state index contributed by atoms with van der Waals surface area (Å²) in [5.74, 6) is -0.922. The number of aromatic hydroxyl groups is 3. The molecule has 0 bridgehead atoms. The maximum Gasteiger partial charge on any atom is 0.336 e. The second-order valence-corrected chi connectivity index (χ2v) is 7.00. The van der Waals surface area contributed by atoms with Crippen LogP contribution in [0.1, 0.15) is 0 Å². The lowest BCUT2D eigenvalue weighted by Crippen LogP contribution is -2.02. The van der Waals surface area contributed by atoms with Gasteiger partial charge >= 0.3 is 5.63 Å². The second-order valence-electron chi connectivity index (χ2n) is 7.00. The lowest BCUT2D eigenvalue weighted by molar-refractivity contribution is 0.451. The van der Waals surface area contributed by atoms with Gasteiger partial charge in [0.1, 0.15) is 34.0 Å². The summed E-state index contributed by atoms with van der Waals surface area (Å²) in [4.78, 5) is 24.3. The summed E-state index contributed by atoms with van der Waals surface area (Å²) in [7, 11) is 0. The number of rotatable bonds is 2. The van der Waals surface area contributed by atoms with Gasteiger partial charge < -0.3 is 24.2 Å². The molecule has 0 amide bonds. The molecule has 0 fully saturated rings. The van der Waals surface area contributed by atoms with Crippen LogP contribution in [0.5, 0.6) is 17.2 Å². The van der Waals surface area contributed by atoms with Crippen LogP contribution in [-0.2, 0) is 0 Å². The molecule has 7 heteroatoms. The lowest BCUT2D eigenvalue weighted by atomic mass is 9.98. The van der Waals surface area contributed by atoms with Gasteiger partial charge in [-0.3, -0.25) is 4.79 Å². The van der Waals surface area contributed by atoms with E-state index in [1.54, 1.807) is 24.3 Å². The Labute approximate surface area is 173 Å². The number of hydrogen-bond donors (Lipinski definition) is 3. The van der Waals surface area contributed by atoms with Crippen LogP contribution in [0.25, 0.3) is 44.4 Å². The first kappa shape index (κ1) is 18.5. The average molecular weight is 414 g/mol. The Morgan fingerprint density at radius 2 is 1.48 bits per heavy atom. The van der Waals surface area contributed by atoms with Crippen molar-refractivity contribution in [2.45, 2.75) is 0 Å². The van der Waals surface area contributed by atoms with Crippen molar-refractivity contribution in [1.29, 1.82) is 0 Å². The van der Waals surface area contributed by atoms with E-state index in [9.17, 15) is 24.9 Å². The van der Waals surface area contributed by atoms with Crippen LogP contribution in [0.2, 0.25) is 0 Å². The Morgan fingerprint density at radius 3 is 2.26 bits per heavy atom. The number of hydrogen-bond acceptors (Lipinski definition) is 7. The van der Waals surface area contributed by atoms with Gasteiger partial charge in [-0.15, -0.1) is 0 Å². The van der Waals surface area contributed by atoms with Crippen LogP contribution in [-0.4, -0.2) is 15.3 Å². The maximum absolute atomic E-state index is 12.8. The van der Waals surface area contributed by atoms with Crippen molar-refractivity contribution in [1.82, 2.24) is 0 Å². The van der Waals surface area contributed by atoms with Crippen molar-refractivity contribution < 1.29 is 24.2 Å². The number of benzene rings is 3. The molecule has 3 N–H and O–H groups in total. The Kier molecular flexibility index (Phi) is 4.04. The van der Waals surface area contributed by atoms with Crippen LogP contribution < -0.4 is 11.1 Å². The molecule has 0 aliphatic rings. The molecule has 2 heterocycles. The fourth-order valence-electron chi connectivity index (χ4n) is 3.61. The number of phenols is 3. The highest BCUT2D eigenvalue weighted by molar-refractivity contribution is 6.02. The van der Waals surface area contributed by atoms with E-state index in [0.29, 0.717) is 10.9 Å². The minimum Gasteiger partial charge on any atom is -0.507 e. The third-order valence-electron chi connectivity index (χ3n) is 5.03. The molecule has 7 nitrogen and oxygen atoms in total. The minimum absolute atomic E-state index is 0.0216. The van der Waals surface area contributed by atoms with Crippen molar-refractivity contribution in [2.24, 2.45) is 0 Å². The standard InChI is InChI=1S/C24H14O7/c25-15-10-20-13(6-7-21(29)30-20)8-14(15)22-16(26)9-17(27)23-18(28)11-19(31-24(22)23)12-4-2-1-3-5-12/h1-11,25-27H. The zero-order valence-corrected chi connectivity index (χ0v) is 15.8. The molecule has 152 valence electrons. The smallest absolute Gasteiger partial charge is 0.336 e. The van der Waals surface area contributed by atoms with Crippen LogP contribution >= 0.6 is 0 Å². The van der Waals surface area contributed by atoms with Gasteiger partial charge in [-0.25, -0.2) is 4.79 Å². The lowest BCUT2D eigenvalue weighted by Gasteiger charge is -2.13. The van der Waals surface area contributed by atoms with Gasteiger partial charge in [0.25, 0.3) is 0 Å². The van der Waals surface area contributed by atoms with E-state index >= 15 is 0 Å².